The Kier molecular flexibility index (Phi) is 4.84. The molecule has 11 heteroatoms. The van der Waals surface area contributed by atoms with Gasteiger partial charge in [0, 0.05) is 17.5 Å². The van der Waals surface area contributed by atoms with Crippen molar-refractivity contribution in [2.24, 2.45) is 12.2 Å². The first-order chi connectivity index (χ1) is 10.3. The lowest BCUT2D eigenvalue weighted by Gasteiger charge is -2.05. The largest absolute Gasteiger partial charge is 0.416 e. The molecule has 1 heterocycles. The molecule has 0 fully saturated rings. The second kappa shape index (κ2) is 6.47. The van der Waals surface area contributed by atoms with E-state index in [9.17, 15) is 13.2 Å². The summed E-state index contributed by atoms with van der Waals surface area (Å²) in [6.07, 6.45) is 0. The highest BCUT2D eigenvalue weighted by Crippen LogP contribution is 2.40. The zero-order valence-corrected chi connectivity index (χ0v) is 13.1. The summed E-state index contributed by atoms with van der Waals surface area (Å²) in [5.41, 5.74) is 8.35. The zero-order chi connectivity index (χ0) is 16.4. The van der Waals surface area contributed by atoms with Gasteiger partial charge in [0.25, 0.3) is 0 Å². The third kappa shape index (κ3) is 3.13. The van der Waals surface area contributed by atoms with Crippen LogP contribution >= 0.6 is 27.5 Å². The van der Waals surface area contributed by atoms with Crippen LogP contribution in [0.2, 0.25) is 5.02 Å². The number of hydrogen-bond acceptors (Lipinski definition) is 3. The summed E-state index contributed by atoms with van der Waals surface area (Å²) in [7, 11) is 1.36. The Bertz CT molecular complexity index is 776. The van der Waals surface area contributed by atoms with Crippen LogP contribution in [0.25, 0.3) is 21.7 Å². The number of rotatable bonds is 4. The topological polar surface area (TPSA) is 75.8 Å². The van der Waals surface area contributed by atoms with Gasteiger partial charge in [-0.2, -0.15) is 13.9 Å². The number of nitrogens with zero attached hydrogens (tertiary/aromatic N) is 5. The van der Waals surface area contributed by atoms with E-state index in [-0.39, 0.29) is 32.3 Å². The first kappa shape index (κ1) is 16.5. The van der Waals surface area contributed by atoms with E-state index < -0.39 is 12.4 Å². The van der Waals surface area contributed by atoms with Crippen molar-refractivity contribution in [3.8, 4) is 17.1 Å². The zero-order valence-electron chi connectivity index (χ0n) is 10.8. The van der Waals surface area contributed by atoms with Crippen molar-refractivity contribution in [2.75, 3.05) is 0 Å². The molecule has 0 amide bonds. The Morgan fingerprint density at radius 1 is 1.50 bits per heavy atom. The van der Waals surface area contributed by atoms with Gasteiger partial charge in [-0.25, -0.2) is 9.07 Å². The van der Waals surface area contributed by atoms with E-state index in [0.717, 1.165) is 16.8 Å². The number of benzene rings is 1. The predicted molar refractivity (Wildman–Crippen MR) is 76.8 cm³/mol. The van der Waals surface area contributed by atoms with Crippen molar-refractivity contribution in [2.45, 2.75) is 6.61 Å². The van der Waals surface area contributed by atoms with Gasteiger partial charge in [-0.3, -0.25) is 0 Å². The van der Waals surface area contributed by atoms with Crippen LogP contribution in [-0.4, -0.2) is 16.4 Å². The minimum Gasteiger partial charge on any atom is -0.416 e. The first-order valence-electron chi connectivity index (χ1n) is 5.57. The Balaban J connectivity index is 2.62. The molecule has 0 spiro atoms. The molecule has 0 saturated heterocycles. The van der Waals surface area contributed by atoms with Crippen molar-refractivity contribution < 1.29 is 17.9 Å². The summed E-state index contributed by atoms with van der Waals surface area (Å²) in [6, 6.07) is 2.10. The molecule has 22 heavy (non-hydrogen) atoms. The van der Waals surface area contributed by atoms with Crippen molar-refractivity contribution in [3.05, 3.63) is 37.9 Å². The smallest absolute Gasteiger partial charge is 0.388 e. The lowest BCUT2D eigenvalue weighted by molar-refractivity contribution is -0.0558. The predicted octanol–water partition coefficient (Wildman–Crippen LogP) is 5.19. The molecule has 1 aromatic heterocycles. The van der Waals surface area contributed by atoms with Crippen molar-refractivity contribution in [1.29, 1.82) is 0 Å². The average Bonchev–Trinajstić information content (AvgIpc) is 2.69. The van der Waals surface area contributed by atoms with Gasteiger partial charge in [-0.15, -0.1) is 0 Å². The molecule has 0 aliphatic rings. The second-order valence-electron chi connectivity index (χ2n) is 3.94. The van der Waals surface area contributed by atoms with Crippen LogP contribution in [0.4, 0.5) is 18.9 Å². The van der Waals surface area contributed by atoms with E-state index in [2.05, 4.69) is 35.8 Å². The van der Waals surface area contributed by atoms with Gasteiger partial charge < -0.3 is 4.74 Å². The molecule has 2 rings (SSSR count). The fourth-order valence-corrected chi connectivity index (χ4v) is 2.54. The van der Waals surface area contributed by atoms with E-state index in [1.54, 1.807) is 0 Å². The van der Waals surface area contributed by atoms with Crippen molar-refractivity contribution >= 4 is 33.2 Å². The van der Waals surface area contributed by atoms with Crippen LogP contribution < -0.4 is 4.74 Å². The van der Waals surface area contributed by atoms with Gasteiger partial charge in [0.15, 0.2) is 0 Å². The molecule has 0 N–H and O–H groups in total. The fraction of sp³-hybridized carbons (Fsp3) is 0.182. The minimum atomic E-state index is -3.06. The maximum absolute atomic E-state index is 14.1. The summed E-state index contributed by atoms with van der Waals surface area (Å²) >= 11 is 8.79. The Morgan fingerprint density at radius 3 is 2.77 bits per heavy atom. The summed E-state index contributed by atoms with van der Waals surface area (Å²) in [5.74, 6) is -1.03. The van der Waals surface area contributed by atoms with Gasteiger partial charge in [0.1, 0.15) is 16.0 Å². The molecule has 0 aliphatic heterocycles. The molecule has 0 radical (unpaired) electrons. The van der Waals surface area contributed by atoms with Crippen molar-refractivity contribution in [1.82, 2.24) is 9.78 Å². The van der Waals surface area contributed by atoms with Gasteiger partial charge in [0.2, 0.25) is 5.88 Å². The highest BCUT2D eigenvalue weighted by Gasteiger charge is 2.22. The number of azide groups is 1. The summed E-state index contributed by atoms with van der Waals surface area (Å²) in [5, 5.41) is 7.15. The first-order valence-corrected chi connectivity index (χ1v) is 6.74. The number of aryl methyl sites for hydroxylation is 1. The second-order valence-corrected chi connectivity index (χ2v) is 5.14. The van der Waals surface area contributed by atoms with Crippen LogP contribution in [0.15, 0.2) is 21.7 Å². The molecule has 2 aromatic rings. The molecule has 6 nitrogen and oxygen atoms in total. The molecular weight excluding hydrogens is 391 g/mol. The lowest BCUT2D eigenvalue weighted by Crippen LogP contribution is -2.06. The summed E-state index contributed by atoms with van der Waals surface area (Å²) < 4.78 is 44.1. The van der Waals surface area contributed by atoms with Gasteiger partial charge in [-0.05, 0) is 33.6 Å². The number of ether oxygens (including phenoxy) is 1. The number of alkyl halides is 2. The van der Waals surface area contributed by atoms with Gasteiger partial charge >= 0.3 is 6.61 Å². The third-order valence-electron chi connectivity index (χ3n) is 2.58. The van der Waals surface area contributed by atoms with Crippen LogP contribution in [0, 0.1) is 5.82 Å². The van der Waals surface area contributed by atoms with Crippen LogP contribution in [0.1, 0.15) is 0 Å². The molecular formula is C11H6BrClF3N5O. The fourth-order valence-electron chi connectivity index (χ4n) is 1.71. The minimum absolute atomic E-state index is 0.00158. The van der Waals surface area contributed by atoms with Gasteiger partial charge in [0.05, 0.1) is 10.7 Å². The monoisotopic (exact) mass is 395 g/mol. The van der Waals surface area contributed by atoms with Crippen molar-refractivity contribution in [3.63, 3.8) is 0 Å². The third-order valence-corrected chi connectivity index (χ3v) is 3.60. The average molecular weight is 397 g/mol. The van der Waals surface area contributed by atoms with Crippen LogP contribution in [-0.2, 0) is 7.05 Å². The summed E-state index contributed by atoms with van der Waals surface area (Å²) in [4.78, 5) is 2.57. The SMILES string of the molecule is Cn1nc(-c2cc(N=[N+]=[N-])c(Cl)cc2F)c(Br)c1OC(F)F. The molecule has 0 saturated carbocycles. The van der Waals surface area contributed by atoms with Crippen LogP contribution in [0.3, 0.4) is 0 Å². The van der Waals surface area contributed by atoms with E-state index in [1.807, 2.05) is 0 Å². The van der Waals surface area contributed by atoms with E-state index in [0.29, 0.717) is 0 Å². The molecule has 0 bridgehead atoms. The quantitative estimate of drug-likeness (QED) is 0.405. The molecule has 1 aromatic carbocycles. The molecule has 0 aliphatic carbocycles. The maximum Gasteiger partial charge on any atom is 0.388 e. The Morgan fingerprint density at radius 2 is 2.18 bits per heavy atom. The lowest BCUT2D eigenvalue weighted by atomic mass is 10.1. The Labute approximate surface area is 135 Å². The van der Waals surface area contributed by atoms with E-state index >= 15 is 0 Å². The number of aromatic nitrogens is 2. The maximum atomic E-state index is 14.1. The number of hydrogen-bond donors (Lipinski definition) is 0. The normalized spacial score (nSPS) is 10.7. The van der Waals surface area contributed by atoms with Gasteiger partial charge in [-0.1, -0.05) is 16.7 Å². The molecule has 0 unspecified atom stereocenters. The van der Waals surface area contributed by atoms with E-state index in [4.69, 9.17) is 17.1 Å². The standard InChI is InChI=1S/C11H6BrClF3N5O/c1-21-10(22-11(15)16)8(12)9(19-21)4-2-7(18-20-17)5(13)3-6(4)14/h2-3,11H,1H3. The molecule has 0 atom stereocenters. The number of halogens is 5. The van der Waals surface area contributed by atoms with E-state index in [1.165, 1.54) is 7.05 Å². The highest BCUT2D eigenvalue weighted by molar-refractivity contribution is 9.10. The Hall–Kier alpha value is -1.90. The summed E-state index contributed by atoms with van der Waals surface area (Å²) in [6.45, 7) is -3.06. The highest BCUT2D eigenvalue weighted by atomic mass is 79.9. The van der Waals surface area contributed by atoms with Crippen LogP contribution in [0.5, 0.6) is 5.88 Å². The molecule has 116 valence electrons.